The third kappa shape index (κ3) is 6.38. The Kier molecular flexibility index (Phi) is 7.86. The second-order valence-electron chi connectivity index (χ2n) is 6.92. The Hall–Kier alpha value is -1.78. The van der Waals surface area contributed by atoms with Crippen LogP contribution in [0, 0.1) is 5.92 Å². The molecule has 1 heterocycles. The number of pyridine rings is 1. The number of nitrogens with zero attached hydrogens (tertiary/aromatic N) is 3. The maximum atomic E-state index is 4.34. The van der Waals surface area contributed by atoms with Gasteiger partial charge in [-0.15, -0.1) is 0 Å². The Morgan fingerprint density at radius 2 is 2.04 bits per heavy atom. The summed E-state index contributed by atoms with van der Waals surface area (Å²) in [5.74, 6) is 2.81. The van der Waals surface area contributed by atoms with Crippen molar-refractivity contribution in [2.75, 3.05) is 32.6 Å². The van der Waals surface area contributed by atoms with E-state index < -0.39 is 0 Å². The number of hydrogen-bond acceptors (Lipinski definition) is 3. The molecule has 134 valence electrons. The number of aromatic nitrogens is 1. The summed E-state index contributed by atoms with van der Waals surface area (Å²) in [6.45, 7) is 1.75. The van der Waals surface area contributed by atoms with E-state index in [1.807, 2.05) is 38.3 Å². The molecule has 0 spiro atoms. The van der Waals surface area contributed by atoms with Gasteiger partial charge in [-0.25, -0.2) is 4.98 Å². The molecule has 1 aliphatic carbocycles. The van der Waals surface area contributed by atoms with E-state index in [2.05, 4.69) is 26.7 Å². The third-order valence-electron chi connectivity index (χ3n) is 4.76. The fraction of sp³-hybridized carbons (Fsp3) is 0.684. The summed E-state index contributed by atoms with van der Waals surface area (Å²) in [6.07, 6.45) is 11.6. The standard InChI is InChI=1S/C19H33N5/c1-20-19(22-12-7-10-16-8-5-4-6-9-16)23-15-17-11-13-21-18(14-17)24(2)3/h11,13-14,16H,4-10,12,15H2,1-3H3,(H2,20,22,23). The van der Waals surface area contributed by atoms with Gasteiger partial charge >= 0.3 is 0 Å². The molecule has 0 radical (unpaired) electrons. The fourth-order valence-electron chi connectivity index (χ4n) is 3.29. The maximum Gasteiger partial charge on any atom is 0.191 e. The number of nitrogens with one attached hydrogen (secondary N) is 2. The summed E-state index contributed by atoms with van der Waals surface area (Å²) in [5, 5.41) is 6.81. The molecular weight excluding hydrogens is 298 g/mol. The SMILES string of the molecule is CN=C(NCCCC1CCCCC1)NCc1ccnc(N(C)C)c1. The summed E-state index contributed by atoms with van der Waals surface area (Å²) in [5.41, 5.74) is 1.21. The summed E-state index contributed by atoms with van der Waals surface area (Å²) in [6, 6.07) is 4.14. The molecule has 1 aliphatic rings. The van der Waals surface area contributed by atoms with Crippen LogP contribution in [0.5, 0.6) is 0 Å². The van der Waals surface area contributed by atoms with E-state index in [1.54, 1.807) is 0 Å². The van der Waals surface area contributed by atoms with Crippen molar-refractivity contribution in [3.05, 3.63) is 23.9 Å². The van der Waals surface area contributed by atoms with Crippen LogP contribution in [0.25, 0.3) is 0 Å². The van der Waals surface area contributed by atoms with E-state index in [4.69, 9.17) is 0 Å². The van der Waals surface area contributed by atoms with Crippen LogP contribution in [0.1, 0.15) is 50.5 Å². The Balaban J connectivity index is 1.67. The van der Waals surface area contributed by atoms with Gasteiger partial charge < -0.3 is 15.5 Å². The second kappa shape index (κ2) is 10.2. The largest absolute Gasteiger partial charge is 0.363 e. The van der Waals surface area contributed by atoms with Gasteiger partial charge in [0.1, 0.15) is 5.82 Å². The van der Waals surface area contributed by atoms with E-state index in [1.165, 1.54) is 50.5 Å². The van der Waals surface area contributed by atoms with Gasteiger partial charge in [0.05, 0.1) is 0 Å². The maximum absolute atomic E-state index is 4.34. The van der Waals surface area contributed by atoms with Crippen molar-refractivity contribution in [1.29, 1.82) is 0 Å². The van der Waals surface area contributed by atoms with Gasteiger partial charge in [-0.05, 0) is 36.5 Å². The number of guanidine groups is 1. The van der Waals surface area contributed by atoms with Crippen molar-refractivity contribution < 1.29 is 0 Å². The van der Waals surface area contributed by atoms with E-state index in [0.717, 1.165) is 30.8 Å². The first-order chi connectivity index (χ1) is 11.7. The Morgan fingerprint density at radius 3 is 2.75 bits per heavy atom. The quantitative estimate of drug-likeness (QED) is 0.458. The van der Waals surface area contributed by atoms with Gasteiger partial charge in [-0.2, -0.15) is 0 Å². The average molecular weight is 332 g/mol. The summed E-state index contributed by atoms with van der Waals surface area (Å²) >= 11 is 0. The fourth-order valence-corrected chi connectivity index (χ4v) is 3.29. The lowest BCUT2D eigenvalue weighted by Crippen LogP contribution is -2.37. The van der Waals surface area contributed by atoms with Crippen LogP contribution in [0.2, 0.25) is 0 Å². The Labute approximate surface area is 147 Å². The van der Waals surface area contributed by atoms with Crippen molar-refractivity contribution >= 4 is 11.8 Å². The van der Waals surface area contributed by atoms with Crippen LogP contribution in [0.3, 0.4) is 0 Å². The molecule has 0 amide bonds. The minimum Gasteiger partial charge on any atom is -0.363 e. The van der Waals surface area contributed by atoms with Gasteiger partial charge in [-0.1, -0.05) is 32.1 Å². The van der Waals surface area contributed by atoms with Crippen molar-refractivity contribution in [3.63, 3.8) is 0 Å². The predicted molar refractivity (Wildman–Crippen MR) is 103 cm³/mol. The van der Waals surface area contributed by atoms with Gasteiger partial charge in [0.15, 0.2) is 5.96 Å². The Bertz CT molecular complexity index is 506. The normalized spacial score (nSPS) is 16.0. The molecule has 5 nitrogen and oxygen atoms in total. The van der Waals surface area contributed by atoms with Crippen LogP contribution >= 0.6 is 0 Å². The lowest BCUT2D eigenvalue weighted by Gasteiger charge is -2.21. The molecule has 1 saturated carbocycles. The van der Waals surface area contributed by atoms with Crippen molar-refractivity contribution in [3.8, 4) is 0 Å². The smallest absolute Gasteiger partial charge is 0.191 e. The zero-order chi connectivity index (χ0) is 17.2. The molecule has 1 aromatic rings. The third-order valence-corrected chi connectivity index (χ3v) is 4.76. The van der Waals surface area contributed by atoms with Crippen molar-refractivity contribution in [2.24, 2.45) is 10.9 Å². The predicted octanol–water partition coefficient (Wildman–Crippen LogP) is 3.17. The molecule has 2 rings (SSSR count). The lowest BCUT2D eigenvalue weighted by molar-refractivity contribution is 0.332. The van der Waals surface area contributed by atoms with E-state index >= 15 is 0 Å². The average Bonchev–Trinajstić information content (AvgIpc) is 2.62. The molecule has 0 bridgehead atoms. The highest BCUT2D eigenvalue weighted by Gasteiger charge is 2.12. The minimum atomic E-state index is 0.756. The van der Waals surface area contributed by atoms with Gasteiger partial charge in [0.25, 0.3) is 0 Å². The first-order valence-corrected chi connectivity index (χ1v) is 9.26. The molecule has 0 aliphatic heterocycles. The second-order valence-corrected chi connectivity index (χ2v) is 6.92. The minimum absolute atomic E-state index is 0.756. The molecule has 2 N–H and O–H groups in total. The van der Waals surface area contributed by atoms with Crippen molar-refractivity contribution in [1.82, 2.24) is 15.6 Å². The van der Waals surface area contributed by atoms with Crippen LogP contribution in [-0.2, 0) is 6.54 Å². The molecule has 1 aromatic heterocycles. The monoisotopic (exact) mass is 331 g/mol. The van der Waals surface area contributed by atoms with Gasteiger partial charge in [0, 0.05) is 40.4 Å². The first-order valence-electron chi connectivity index (χ1n) is 9.26. The van der Waals surface area contributed by atoms with Crippen LogP contribution in [-0.4, -0.2) is 38.6 Å². The molecule has 0 aromatic carbocycles. The van der Waals surface area contributed by atoms with Crippen LogP contribution < -0.4 is 15.5 Å². The lowest BCUT2D eigenvalue weighted by atomic mass is 9.86. The Morgan fingerprint density at radius 1 is 1.25 bits per heavy atom. The number of hydrogen-bond donors (Lipinski definition) is 2. The summed E-state index contributed by atoms with van der Waals surface area (Å²) in [4.78, 5) is 10.7. The highest BCUT2D eigenvalue weighted by atomic mass is 15.2. The number of anilines is 1. The van der Waals surface area contributed by atoms with E-state index in [-0.39, 0.29) is 0 Å². The highest BCUT2D eigenvalue weighted by molar-refractivity contribution is 5.79. The number of aliphatic imine (C=N–C) groups is 1. The first kappa shape index (κ1) is 18.6. The van der Waals surface area contributed by atoms with Crippen LogP contribution in [0.4, 0.5) is 5.82 Å². The summed E-state index contributed by atoms with van der Waals surface area (Å²) < 4.78 is 0. The molecule has 1 fully saturated rings. The zero-order valence-corrected chi connectivity index (χ0v) is 15.5. The van der Waals surface area contributed by atoms with E-state index in [0.29, 0.717) is 0 Å². The van der Waals surface area contributed by atoms with E-state index in [9.17, 15) is 0 Å². The highest BCUT2D eigenvalue weighted by Crippen LogP contribution is 2.26. The zero-order valence-electron chi connectivity index (χ0n) is 15.5. The molecule has 24 heavy (non-hydrogen) atoms. The molecular formula is C19H33N5. The van der Waals surface area contributed by atoms with Crippen molar-refractivity contribution in [2.45, 2.75) is 51.5 Å². The topological polar surface area (TPSA) is 52.6 Å². The molecule has 0 saturated heterocycles. The van der Waals surface area contributed by atoms with Gasteiger partial charge in [-0.3, -0.25) is 4.99 Å². The van der Waals surface area contributed by atoms with Gasteiger partial charge in [0.2, 0.25) is 0 Å². The number of rotatable bonds is 7. The molecule has 5 heteroatoms. The summed E-state index contributed by atoms with van der Waals surface area (Å²) in [7, 11) is 5.84. The molecule has 0 unspecified atom stereocenters. The van der Waals surface area contributed by atoms with Crippen LogP contribution in [0.15, 0.2) is 23.3 Å². The molecule has 0 atom stereocenters.